The maximum absolute atomic E-state index is 12.8. The number of halogens is 1. The Kier molecular flexibility index (Phi) is 2.79. The molecule has 1 N–H and O–H groups in total. The first-order valence-electron chi connectivity index (χ1n) is 5.60. The zero-order valence-corrected chi connectivity index (χ0v) is 9.39. The van der Waals surface area contributed by atoms with E-state index >= 15 is 0 Å². The monoisotopic (exact) mass is 207 g/mol. The summed E-state index contributed by atoms with van der Waals surface area (Å²) in [6, 6.07) is 7.23. The van der Waals surface area contributed by atoms with Crippen LogP contribution < -0.4 is 5.32 Å². The molecule has 1 atom stereocenters. The third-order valence-electron chi connectivity index (χ3n) is 3.13. The van der Waals surface area contributed by atoms with Gasteiger partial charge in [-0.05, 0) is 50.8 Å². The van der Waals surface area contributed by atoms with Crippen LogP contribution in [0.25, 0.3) is 0 Å². The van der Waals surface area contributed by atoms with Gasteiger partial charge in [0.25, 0.3) is 0 Å². The van der Waals surface area contributed by atoms with Crippen LogP contribution in [-0.4, -0.2) is 5.54 Å². The summed E-state index contributed by atoms with van der Waals surface area (Å²) in [6.45, 7) is 4.45. The molecule has 1 fully saturated rings. The Balaban J connectivity index is 2.13. The van der Waals surface area contributed by atoms with Crippen LogP contribution in [0.15, 0.2) is 24.3 Å². The quantitative estimate of drug-likeness (QED) is 0.744. The number of benzene rings is 1. The second kappa shape index (κ2) is 3.93. The molecule has 1 nitrogen and oxygen atoms in total. The maximum Gasteiger partial charge on any atom is 0.123 e. The minimum absolute atomic E-state index is 0.159. The van der Waals surface area contributed by atoms with E-state index in [0.717, 1.165) is 6.42 Å². The van der Waals surface area contributed by atoms with E-state index in [1.807, 2.05) is 12.1 Å². The molecule has 0 spiro atoms. The fourth-order valence-corrected chi connectivity index (χ4v) is 2.31. The van der Waals surface area contributed by atoms with Crippen molar-refractivity contribution < 1.29 is 4.39 Å². The van der Waals surface area contributed by atoms with Crippen molar-refractivity contribution in [3.63, 3.8) is 0 Å². The smallest absolute Gasteiger partial charge is 0.123 e. The maximum atomic E-state index is 12.8. The highest BCUT2D eigenvalue weighted by Crippen LogP contribution is 2.30. The number of rotatable bonds is 1. The molecule has 2 rings (SSSR count). The Bertz CT molecular complexity index is 329. The fourth-order valence-electron chi connectivity index (χ4n) is 2.31. The highest BCUT2D eigenvalue weighted by molar-refractivity contribution is 5.21. The van der Waals surface area contributed by atoms with Gasteiger partial charge in [-0.2, -0.15) is 0 Å². The van der Waals surface area contributed by atoms with Gasteiger partial charge in [-0.25, -0.2) is 4.39 Å². The number of hydrogen-bond acceptors (Lipinski definition) is 1. The van der Waals surface area contributed by atoms with E-state index in [0.29, 0.717) is 6.04 Å². The number of nitrogens with one attached hydrogen (secondary N) is 1. The van der Waals surface area contributed by atoms with E-state index in [4.69, 9.17) is 0 Å². The average molecular weight is 207 g/mol. The molecule has 1 aliphatic heterocycles. The highest BCUT2D eigenvalue weighted by atomic mass is 19.1. The lowest BCUT2D eigenvalue weighted by Crippen LogP contribution is -2.44. The largest absolute Gasteiger partial charge is 0.305 e. The second-order valence-electron chi connectivity index (χ2n) is 5.02. The van der Waals surface area contributed by atoms with Gasteiger partial charge in [0.2, 0.25) is 0 Å². The third-order valence-corrected chi connectivity index (χ3v) is 3.13. The van der Waals surface area contributed by atoms with Crippen molar-refractivity contribution in [2.45, 2.75) is 44.7 Å². The fraction of sp³-hybridized carbons (Fsp3) is 0.538. The summed E-state index contributed by atoms with van der Waals surface area (Å²) in [6.07, 6.45) is 3.60. The van der Waals surface area contributed by atoms with Gasteiger partial charge in [0, 0.05) is 11.6 Å². The Labute approximate surface area is 90.7 Å². The zero-order valence-electron chi connectivity index (χ0n) is 9.39. The first-order valence-corrected chi connectivity index (χ1v) is 5.60. The molecule has 1 saturated heterocycles. The van der Waals surface area contributed by atoms with E-state index in [9.17, 15) is 4.39 Å². The predicted octanol–water partition coefficient (Wildman–Crippen LogP) is 3.42. The molecule has 0 amide bonds. The van der Waals surface area contributed by atoms with Crippen LogP contribution in [-0.2, 0) is 0 Å². The minimum Gasteiger partial charge on any atom is -0.305 e. The first kappa shape index (κ1) is 10.6. The van der Waals surface area contributed by atoms with E-state index in [1.54, 1.807) is 12.1 Å². The standard InChI is InChI=1S/C13H18FN/c1-13(2)9-3-4-12(15-13)10-5-7-11(14)8-6-10/h5-8,12,15H,3-4,9H2,1-2H3. The summed E-state index contributed by atoms with van der Waals surface area (Å²) in [4.78, 5) is 0. The minimum atomic E-state index is -0.159. The average Bonchev–Trinajstić information content (AvgIpc) is 2.17. The second-order valence-corrected chi connectivity index (χ2v) is 5.02. The van der Waals surface area contributed by atoms with Crippen LogP contribution in [0, 0.1) is 5.82 Å². The van der Waals surface area contributed by atoms with Crippen molar-refractivity contribution in [3.05, 3.63) is 35.6 Å². The molecular formula is C13H18FN. The highest BCUT2D eigenvalue weighted by Gasteiger charge is 2.27. The normalized spacial score (nSPS) is 25.1. The topological polar surface area (TPSA) is 12.0 Å². The van der Waals surface area contributed by atoms with Gasteiger partial charge >= 0.3 is 0 Å². The summed E-state index contributed by atoms with van der Waals surface area (Å²) in [5.74, 6) is -0.159. The van der Waals surface area contributed by atoms with Crippen molar-refractivity contribution >= 4 is 0 Å². The number of piperidine rings is 1. The van der Waals surface area contributed by atoms with E-state index < -0.39 is 0 Å². The molecule has 1 aliphatic rings. The van der Waals surface area contributed by atoms with Crippen LogP contribution in [0.2, 0.25) is 0 Å². The van der Waals surface area contributed by atoms with Crippen molar-refractivity contribution in [1.29, 1.82) is 0 Å². The molecule has 0 radical (unpaired) electrons. The van der Waals surface area contributed by atoms with Crippen LogP contribution in [0.4, 0.5) is 4.39 Å². The summed E-state index contributed by atoms with van der Waals surface area (Å²) in [5, 5.41) is 3.61. The van der Waals surface area contributed by atoms with Crippen molar-refractivity contribution in [1.82, 2.24) is 5.32 Å². The molecule has 0 saturated carbocycles. The lowest BCUT2D eigenvalue weighted by atomic mass is 9.86. The summed E-state index contributed by atoms with van der Waals surface area (Å²) in [7, 11) is 0. The van der Waals surface area contributed by atoms with Gasteiger partial charge in [-0.3, -0.25) is 0 Å². The summed E-state index contributed by atoms with van der Waals surface area (Å²) >= 11 is 0. The Morgan fingerprint density at radius 2 is 1.93 bits per heavy atom. The van der Waals surface area contributed by atoms with E-state index in [-0.39, 0.29) is 11.4 Å². The van der Waals surface area contributed by atoms with Gasteiger partial charge in [-0.1, -0.05) is 12.1 Å². The van der Waals surface area contributed by atoms with Gasteiger partial charge in [0.15, 0.2) is 0 Å². The lowest BCUT2D eigenvalue weighted by Gasteiger charge is -2.37. The third kappa shape index (κ3) is 2.57. The van der Waals surface area contributed by atoms with Gasteiger partial charge in [-0.15, -0.1) is 0 Å². The van der Waals surface area contributed by atoms with Crippen LogP contribution in [0.3, 0.4) is 0 Å². The molecular weight excluding hydrogens is 189 g/mol. The van der Waals surface area contributed by atoms with Crippen molar-refractivity contribution in [2.75, 3.05) is 0 Å². The lowest BCUT2D eigenvalue weighted by molar-refractivity contribution is 0.245. The zero-order chi connectivity index (χ0) is 10.9. The molecule has 2 heteroatoms. The molecule has 1 heterocycles. The Morgan fingerprint density at radius 1 is 1.27 bits per heavy atom. The van der Waals surface area contributed by atoms with E-state index in [2.05, 4.69) is 19.2 Å². The molecule has 0 bridgehead atoms. The molecule has 1 aromatic rings. The molecule has 0 aliphatic carbocycles. The first-order chi connectivity index (χ1) is 7.07. The summed E-state index contributed by atoms with van der Waals surface area (Å²) in [5.41, 5.74) is 1.40. The van der Waals surface area contributed by atoms with Crippen molar-refractivity contribution in [3.8, 4) is 0 Å². The van der Waals surface area contributed by atoms with Crippen LogP contribution in [0.1, 0.15) is 44.7 Å². The SMILES string of the molecule is CC1(C)CCCC(c2ccc(F)cc2)N1. The molecule has 15 heavy (non-hydrogen) atoms. The van der Waals surface area contributed by atoms with Gasteiger partial charge in [0.05, 0.1) is 0 Å². The molecule has 1 unspecified atom stereocenters. The molecule has 82 valence electrons. The molecule has 1 aromatic carbocycles. The predicted molar refractivity (Wildman–Crippen MR) is 60.2 cm³/mol. The van der Waals surface area contributed by atoms with Gasteiger partial charge in [0.1, 0.15) is 5.82 Å². The Hall–Kier alpha value is -0.890. The van der Waals surface area contributed by atoms with Crippen LogP contribution >= 0.6 is 0 Å². The summed E-state index contributed by atoms with van der Waals surface area (Å²) < 4.78 is 12.8. The van der Waals surface area contributed by atoms with E-state index in [1.165, 1.54) is 18.4 Å². The molecule has 0 aromatic heterocycles. The van der Waals surface area contributed by atoms with Crippen molar-refractivity contribution in [2.24, 2.45) is 0 Å². The van der Waals surface area contributed by atoms with Gasteiger partial charge < -0.3 is 5.32 Å². The van der Waals surface area contributed by atoms with Crippen LogP contribution in [0.5, 0.6) is 0 Å². The Morgan fingerprint density at radius 3 is 2.53 bits per heavy atom. The number of hydrogen-bond donors (Lipinski definition) is 1.